The van der Waals surface area contributed by atoms with E-state index < -0.39 is 0 Å². The minimum absolute atomic E-state index is 0.00258. The number of benzene rings is 11. The molecule has 11 aromatic rings. The summed E-state index contributed by atoms with van der Waals surface area (Å²) in [4.78, 5) is 7.44. The lowest BCUT2D eigenvalue weighted by Gasteiger charge is -2.42. The summed E-state index contributed by atoms with van der Waals surface area (Å²) in [5, 5.41) is 4.04. The summed E-state index contributed by atoms with van der Waals surface area (Å²) >= 11 is 1.87. The maximum atomic E-state index is 7.44. The van der Waals surface area contributed by atoms with Crippen molar-refractivity contribution in [3.8, 4) is 44.9 Å². The highest BCUT2D eigenvalue weighted by molar-refractivity contribution is 8.00. The molecular formula is C66H43B2N3OS. The van der Waals surface area contributed by atoms with E-state index in [1.54, 1.807) is 0 Å². The van der Waals surface area contributed by atoms with Gasteiger partial charge in [-0.2, -0.15) is 0 Å². The molecule has 73 heavy (non-hydrogen) atoms. The molecule has 0 unspecified atom stereocenters. The van der Waals surface area contributed by atoms with E-state index in [2.05, 4.69) is 270 Å². The summed E-state index contributed by atoms with van der Waals surface area (Å²) in [6.07, 6.45) is 0. The number of rotatable bonds is 7. The zero-order valence-corrected chi connectivity index (χ0v) is 40.4. The van der Waals surface area contributed by atoms with E-state index in [-0.39, 0.29) is 13.4 Å². The highest BCUT2D eigenvalue weighted by Gasteiger charge is 2.46. The van der Waals surface area contributed by atoms with Gasteiger partial charge < -0.3 is 19.9 Å². The van der Waals surface area contributed by atoms with E-state index in [1.165, 1.54) is 42.6 Å². The molecule has 0 atom stereocenters. The van der Waals surface area contributed by atoms with Crippen LogP contribution < -0.4 is 52.6 Å². The predicted molar refractivity (Wildman–Crippen MR) is 308 cm³/mol. The summed E-state index contributed by atoms with van der Waals surface area (Å²) < 4.78 is 7.44. The quantitative estimate of drug-likeness (QED) is 0.161. The molecular weight excluding hydrogens is 904 g/mol. The molecule has 1 N–H and O–H groups in total. The number of para-hydroxylation sites is 4. The van der Waals surface area contributed by atoms with Gasteiger partial charge in [0.2, 0.25) is 6.71 Å². The monoisotopic (exact) mass is 947 g/mol. The van der Waals surface area contributed by atoms with Gasteiger partial charge in [-0.3, -0.25) is 0 Å². The first-order chi connectivity index (χ1) is 36.2. The Morgan fingerprint density at radius 2 is 0.945 bits per heavy atom. The third kappa shape index (κ3) is 6.73. The lowest BCUT2D eigenvalue weighted by Crippen LogP contribution is -2.63. The molecule has 0 spiro atoms. The van der Waals surface area contributed by atoms with Crippen molar-refractivity contribution < 1.29 is 4.74 Å². The van der Waals surface area contributed by atoms with Crippen LogP contribution in [0.3, 0.4) is 0 Å². The van der Waals surface area contributed by atoms with Gasteiger partial charge in [-0.1, -0.05) is 205 Å². The summed E-state index contributed by atoms with van der Waals surface area (Å²) in [6, 6.07) is 92.8. The molecule has 0 bridgehead atoms. The number of hydrogen-bond donors (Lipinski definition) is 1. The molecule has 4 aliphatic heterocycles. The molecule has 4 heterocycles. The largest absolute Gasteiger partial charge is 0.458 e. The van der Waals surface area contributed by atoms with Crippen LogP contribution in [0.4, 0.5) is 45.5 Å². The minimum atomic E-state index is -0.109. The maximum Gasteiger partial charge on any atom is 0.256 e. The lowest BCUT2D eigenvalue weighted by molar-refractivity contribution is 0.488. The van der Waals surface area contributed by atoms with Gasteiger partial charge >= 0.3 is 0 Å². The molecule has 0 aromatic heterocycles. The standard InChI is InChI=1S/C66H43B2N3OS/c1-6-21-43(22-7-1)46-37-59-65-61(38-46)72-60-42-56-54(68-53-34-17-19-36-62(53)73-63-40-49(39-57(69-56)64(63)68)70(47-27-12-4-13-28-47)48-29-14-5-15-30-48)41-55(60)67(65)52-33-16-18-35-58(52)71(59)66-50(44-23-8-2-9-24-44)31-20-32-51(66)45-25-10-3-11-26-45/h1-42,69H. The van der Waals surface area contributed by atoms with Crippen LogP contribution in [0.5, 0.6) is 11.5 Å². The number of hydrogen-bond acceptors (Lipinski definition) is 5. The molecule has 0 aliphatic carbocycles. The van der Waals surface area contributed by atoms with Gasteiger partial charge in [0.15, 0.2) is 0 Å². The van der Waals surface area contributed by atoms with Gasteiger partial charge in [0, 0.05) is 66.8 Å². The van der Waals surface area contributed by atoms with E-state index in [0.29, 0.717) is 0 Å². The summed E-state index contributed by atoms with van der Waals surface area (Å²) in [6.45, 7) is -0.107. The van der Waals surface area contributed by atoms with Crippen LogP contribution >= 0.6 is 11.8 Å². The van der Waals surface area contributed by atoms with Gasteiger partial charge in [-0.05, 0) is 110 Å². The third-order valence-corrected chi connectivity index (χ3v) is 16.3. The van der Waals surface area contributed by atoms with Crippen LogP contribution in [0.1, 0.15) is 0 Å². The van der Waals surface area contributed by atoms with Crippen LogP contribution in [0.25, 0.3) is 33.4 Å². The number of ether oxygens (including phenoxy) is 1. The molecule has 15 rings (SSSR count). The highest BCUT2D eigenvalue weighted by Crippen LogP contribution is 2.50. The fraction of sp³-hybridized carbons (Fsp3) is 0. The first kappa shape index (κ1) is 41.8. The molecule has 0 amide bonds. The van der Waals surface area contributed by atoms with Gasteiger partial charge in [-0.25, -0.2) is 0 Å². The van der Waals surface area contributed by atoms with E-state index in [9.17, 15) is 0 Å². The highest BCUT2D eigenvalue weighted by atomic mass is 32.2. The molecule has 4 aliphatic rings. The Bertz CT molecular complexity index is 3870. The van der Waals surface area contributed by atoms with Crippen molar-refractivity contribution in [2.45, 2.75) is 9.79 Å². The van der Waals surface area contributed by atoms with Crippen LogP contribution in [0.15, 0.2) is 265 Å². The number of nitrogens with one attached hydrogen (secondary N) is 1. The molecule has 340 valence electrons. The van der Waals surface area contributed by atoms with Crippen molar-refractivity contribution in [2.75, 3.05) is 15.1 Å². The Kier molecular flexibility index (Phi) is 9.67. The average molecular weight is 948 g/mol. The Morgan fingerprint density at radius 1 is 0.370 bits per heavy atom. The van der Waals surface area contributed by atoms with Crippen molar-refractivity contribution in [3.05, 3.63) is 255 Å². The summed E-state index contributed by atoms with van der Waals surface area (Å²) in [7, 11) is 0. The fourth-order valence-corrected chi connectivity index (χ4v) is 13.2. The minimum Gasteiger partial charge on any atom is -0.458 e. The molecule has 4 nitrogen and oxygen atoms in total. The summed E-state index contributed by atoms with van der Waals surface area (Å²) in [5.41, 5.74) is 23.2. The van der Waals surface area contributed by atoms with Crippen molar-refractivity contribution in [2.24, 2.45) is 0 Å². The first-order valence-electron chi connectivity index (χ1n) is 25.1. The summed E-state index contributed by atoms with van der Waals surface area (Å²) in [5.74, 6) is 1.74. The predicted octanol–water partition coefficient (Wildman–Crippen LogP) is 13.6. The Morgan fingerprint density at radius 3 is 1.62 bits per heavy atom. The van der Waals surface area contributed by atoms with E-state index in [1.807, 2.05) is 11.8 Å². The zero-order valence-electron chi connectivity index (χ0n) is 39.6. The maximum absolute atomic E-state index is 7.44. The van der Waals surface area contributed by atoms with Crippen LogP contribution in [-0.4, -0.2) is 13.4 Å². The van der Waals surface area contributed by atoms with Gasteiger partial charge in [0.25, 0.3) is 6.71 Å². The lowest BCUT2D eigenvalue weighted by atomic mass is 9.31. The first-order valence-corrected chi connectivity index (χ1v) is 25.9. The molecule has 0 radical (unpaired) electrons. The Labute approximate surface area is 430 Å². The van der Waals surface area contributed by atoms with Crippen molar-refractivity contribution in [1.29, 1.82) is 0 Å². The van der Waals surface area contributed by atoms with Gasteiger partial charge in [0.1, 0.15) is 11.5 Å². The fourth-order valence-electron chi connectivity index (χ4n) is 12.0. The second kappa shape index (κ2) is 16.9. The van der Waals surface area contributed by atoms with Crippen molar-refractivity contribution >= 4 is 103 Å². The van der Waals surface area contributed by atoms with E-state index in [0.717, 1.165) is 90.4 Å². The van der Waals surface area contributed by atoms with Gasteiger partial charge in [0.05, 0.1) is 5.69 Å². The average Bonchev–Trinajstić information content (AvgIpc) is 3.45. The van der Waals surface area contributed by atoms with Crippen LogP contribution in [0, 0.1) is 0 Å². The zero-order chi connectivity index (χ0) is 48.0. The second-order valence-electron chi connectivity index (χ2n) is 19.2. The number of anilines is 8. The normalized spacial score (nSPS) is 13.0. The molecule has 0 saturated heterocycles. The number of fused-ring (bicyclic) bond motifs is 8. The van der Waals surface area contributed by atoms with Crippen LogP contribution in [0.2, 0.25) is 0 Å². The third-order valence-electron chi connectivity index (χ3n) is 15.1. The number of nitrogens with zero attached hydrogens (tertiary/aromatic N) is 2. The molecule has 11 aromatic carbocycles. The Balaban J connectivity index is 0.958. The molecule has 7 heteroatoms. The SMILES string of the molecule is c1ccc(-c2cc3c4c(c2)N(c2c(-c5ccccc5)cccc2-c2ccccc2)c2ccccc2B4c2cc4c(cc2O3)Nc2cc(N(c3ccccc3)c3ccccc3)cc3c2B4c2ccccc2S3)cc1. The van der Waals surface area contributed by atoms with Gasteiger partial charge in [-0.15, -0.1) is 0 Å². The van der Waals surface area contributed by atoms with E-state index >= 15 is 0 Å². The van der Waals surface area contributed by atoms with Crippen molar-refractivity contribution in [1.82, 2.24) is 0 Å². The molecule has 0 fully saturated rings. The molecule has 0 saturated carbocycles. The van der Waals surface area contributed by atoms with Crippen LogP contribution in [-0.2, 0) is 0 Å². The van der Waals surface area contributed by atoms with Crippen molar-refractivity contribution in [3.63, 3.8) is 0 Å². The Hall–Kier alpha value is -8.90. The second-order valence-corrected chi connectivity index (χ2v) is 20.3. The van der Waals surface area contributed by atoms with E-state index in [4.69, 9.17) is 4.74 Å². The topological polar surface area (TPSA) is 27.7 Å². The smallest absolute Gasteiger partial charge is 0.256 e.